The van der Waals surface area contributed by atoms with E-state index < -0.39 is 0 Å². The fraction of sp³-hybridized carbons (Fsp3) is 0.267. The highest BCUT2D eigenvalue weighted by Crippen LogP contribution is 2.43. The Morgan fingerprint density at radius 1 is 1.41 bits per heavy atom. The molecule has 2 atom stereocenters. The predicted molar refractivity (Wildman–Crippen MR) is 83.3 cm³/mol. The zero-order valence-electron chi connectivity index (χ0n) is 11.9. The fourth-order valence-electron chi connectivity index (χ4n) is 2.21. The van der Waals surface area contributed by atoms with Crippen molar-refractivity contribution >= 4 is 23.2 Å². The van der Waals surface area contributed by atoms with Crippen molar-refractivity contribution in [2.45, 2.75) is 18.4 Å². The summed E-state index contributed by atoms with van der Waals surface area (Å²) in [7, 11) is 1.49. The first kappa shape index (κ1) is 14.7. The maximum absolute atomic E-state index is 12.1. The summed E-state index contributed by atoms with van der Waals surface area (Å²) in [4.78, 5) is 20.1. The fourth-order valence-corrected chi connectivity index (χ4v) is 2.47. The summed E-state index contributed by atoms with van der Waals surface area (Å²) < 4.78 is 4.91. The summed E-state index contributed by atoms with van der Waals surface area (Å²) in [5.74, 6) is 0.279. The van der Waals surface area contributed by atoms with Crippen LogP contribution in [0.15, 0.2) is 30.6 Å². The van der Waals surface area contributed by atoms with E-state index in [9.17, 15) is 4.79 Å². The van der Waals surface area contributed by atoms with Crippen molar-refractivity contribution in [1.29, 1.82) is 0 Å². The number of methoxy groups -OCH3 is 1. The van der Waals surface area contributed by atoms with E-state index in [0.29, 0.717) is 16.6 Å². The maximum atomic E-state index is 12.1. The Balaban J connectivity index is 1.76. The molecule has 1 heterocycles. The molecule has 0 bridgehead atoms. The molecule has 6 nitrogen and oxygen atoms in total. The van der Waals surface area contributed by atoms with Crippen molar-refractivity contribution in [2.75, 3.05) is 12.4 Å². The molecule has 1 aromatic heterocycles. The van der Waals surface area contributed by atoms with Crippen LogP contribution in [0.2, 0.25) is 5.02 Å². The van der Waals surface area contributed by atoms with E-state index in [1.807, 2.05) is 6.07 Å². The maximum Gasteiger partial charge on any atom is 0.275 e. The van der Waals surface area contributed by atoms with Crippen molar-refractivity contribution in [2.24, 2.45) is 5.73 Å². The zero-order valence-corrected chi connectivity index (χ0v) is 12.7. The zero-order chi connectivity index (χ0) is 15.7. The van der Waals surface area contributed by atoms with Crippen LogP contribution < -0.4 is 15.8 Å². The first-order valence-electron chi connectivity index (χ1n) is 6.81. The smallest absolute Gasteiger partial charge is 0.275 e. The minimum atomic E-state index is -0.344. The van der Waals surface area contributed by atoms with Gasteiger partial charge < -0.3 is 15.8 Å². The molecule has 114 valence electrons. The molecule has 1 aliphatic rings. The van der Waals surface area contributed by atoms with Crippen molar-refractivity contribution in [3.05, 3.63) is 46.9 Å². The van der Waals surface area contributed by atoms with Crippen LogP contribution in [-0.2, 0) is 0 Å². The van der Waals surface area contributed by atoms with Crippen molar-refractivity contribution in [1.82, 2.24) is 9.97 Å². The minimum absolute atomic E-state index is 0.149. The number of aromatic nitrogens is 2. The SMILES string of the molecule is COc1cnc(C(=O)Nc2ccc(Cl)c([C@H]3C[C@H]3N)c2)cn1. The molecular formula is C15H15ClN4O2. The summed E-state index contributed by atoms with van der Waals surface area (Å²) in [6.07, 6.45) is 3.67. The number of hydrogen-bond acceptors (Lipinski definition) is 5. The number of halogens is 1. The molecule has 22 heavy (non-hydrogen) atoms. The van der Waals surface area contributed by atoms with E-state index in [0.717, 1.165) is 12.0 Å². The average molecular weight is 319 g/mol. The molecule has 2 aromatic rings. The minimum Gasteiger partial charge on any atom is -0.480 e. The molecular weight excluding hydrogens is 304 g/mol. The summed E-state index contributed by atoms with van der Waals surface area (Å²) in [6.45, 7) is 0. The molecule has 3 N–H and O–H groups in total. The molecule has 0 radical (unpaired) electrons. The number of hydrogen-bond donors (Lipinski definition) is 2. The molecule has 1 aliphatic carbocycles. The quantitative estimate of drug-likeness (QED) is 0.902. The number of nitrogens with two attached hydrogens (primary N) is 1. The van der Waals surface area contributed by atoms with Gasteiger partial charge in [-0.3, -0.25) is 4.79 Å². The van der Waals surface area contributed by atoms with Gasteiger partial charge in [-0.15, -0.1) is 0 Å². The number of carbonyl (C=O) groups is 1. The Morgan fingerprint density at radius 2 is 2.18 bits per heavy atom. The number of carbonyl (C=O) groups excluding carboxylic acids is 1. The van der Waals surface area contributed by atoms with Gasteiger partial charge in [-0.1, -0.05) is 11.6 Å². The number of rotatable bonds is 4. The number of ether oxygens (including phenoxy) is 1. The Morgan fingerprint density at radius 3 is 2.77 bits per heavy atom. The van der Waals surface area contributed by atoms with E-state index in [1.54, 1.807) is 12.1 Å². The van der Waals surface area contributed by atoms with Gasteiger partial charge in [-0.25, -0.2) is 9.97 Å². The van der Waals surface area contributed by atoms with E-state index in [-0.39, 0.29) is 23.6 Å². The first-order chi connectivity index (χ1) is 10.6. The number of nitrogens with zero attached hydrogens (tertiary/aromatic N) is 2. The summed E-state index contributed by atoms with van der Waals surface area (Å²) >= 11 is 6.18. The van der Waals surface area contributed by atoms with E-state index in [1.165, 1.54) is 19.5 Å². The Kier molecular flexibility index (Phi) is 3.96. The second-order valence-electron chi connectivity index (χ2n) is 5.14. The highest BCUT2D eigenvalue weighted by Gasteiger charge is 2.36. The Labute approximate surface area is 132 Å². The van der Waals surface area contributed by atoms with Crippen molar-refractivity contribution in [3.63, 3.8) is 0 Å². The molecule has 0 saturated heterocycles. The van der Waals surface area contributed by atoms with Crippen molar-refractivity contribution in [3.8, 4) is 5.88 Å². The van der Waals surface area contributed by atoms with Crippen LogP contribution in [0.5, 0.6) is 5.88 Å². The van der Waals surface area contributed by atoms with Crippen LogP contribution in [0, 0.1) is 0 Å². The third-order valence-corrected chi connectivity index (χ3v) is 3.91. The predicted octanol–water partition coefficient (Wildman–Crippen LogP) is 2.21. The Hall–Kier alpha value is -2.18. The summed E-state index contributed by atoms with van der Waals surface area (Å²) in [5.41, 5.74) is 7.69. The highest BCUT2D eigenvalue weighted by atomic mass is 35.5. The van der Waals surface area contributed by atoms with E-state index in [2.05, 4.69) is 15.3 Å². The average Bonchev–Trinajstić information content (AvgIpc) is 3.26. The summed E-state index contributed by atoms with van der Waals surface area (Å²) in [5, 5.41) is 3.45. The lowest BCUT2D eigenvalue weighted by Gasteiger charge is -2.09. The van der Waals surface area contributed by atoms with E-state index >= 15 is 0 Å². The van der Waals surface area contributed by atoms with Crippen LogP contribution in [0.3, 0.4) is 0 Å². The molecule has 1 aromatic carbocycles. The molecule has 0 aliphatic heterocycles. The van der Waals surface area contributed by atoms with Crippen LogP contribution >= 0.6 is 11.6 Å². The second kappa shape index (κ2) is 5.90. The van der Waals surface area contributed by atoms with Gasteiger partial charge in [0.05, 0.1) is 19.5 Å². The van der Waals surface area contributed by atoms with Gasteiger partial charge in [0, 0.05) is 22.7 Å². The van der Waals surface area contributed by atoms with Crippen molar-refractivity contribution < 1.29 is 9.53 Å². The van der Waals surface area contributed by atoms with Crippen LogP contribution in [-0.4, -0.2) is 29.0 Å². The third kappa shape index (κ3) is 3.03. The lowest BCUT2D eigenvalue weighted by molar-refractivity contribution is 0.102. The van der Waals surface area contributed by atoms with Gasteiger partial charge in [-0.05, 0) is 30.2 Å². The van der Waals surface area contributed by atoms with Gasteiger partial charge in [0.25, 0.3) is 5.91 Å². The van der Waals surface area contributed by atoms with E-state index in [4.69, 9.17) is 22.1 Å². The molecule has 7 heteroatoms. The molecule has 1 saturated carbocycles. The van der Waals surface area contributed by atoms with Crippen LogP contribution in [0.25, 0.3) is 0 Å². The van der Waals surface area contributed by atoms with Gasteiger partial charge in [0.15, 0.2) is 0 Å². The molecule has 3 rings (SSSR count). The highest BCUT2D eigenvalue weighted by molar-refractivity contribution is 6.31. The molecule has 1 fully saturated rings. The topological polar surface area (TPSA) is 90.1 Å². The van der Waals surface area contributed by atoms with Gasteiger partial charge in [0.2, 0.25) is 5.88 Å². The first-order valence-corrected chi connectivity index (χ1v) is 7.18. The lowest BCUT2D eigenvalue weighted by Crippen LogP contribution is -2.14. The monoisotopic (exact) mass is 318 g/mol. The van der Waals surface area contributed by atoms with Crippen LogP contribution in [0.4, 0.5) is 5.69 Å². The molecule has 1 amide bonds. The van der Waals surface area contributed by atoms with Gasteiger partial charge in [0.1, 0.15) is 5.69 Å². The second-order valence-corrected chi connectivity index (χ2v) is 5.55. The van der Waals surface area contributed by atoms with Gasteiger partial charge >= 0.3 is 0 Å². The Bertz CT molecular complexity index is 705. The number of amides is 1. The number of benzene rings is 1. The standard InChI is InChI=1S/C15H15ClN4O2/c1-22-14-7-18-13(6-19-14)15(21)20-8-2-3-11(16)9(4-8)10-5-12(10)17/h2-4,6-7,10,12H,5,17H2,1H3,(H,20,21)/t10-,12-/m1/s1. The number of nitrogens with one attached hydrogen (secondary N) is 1. The third-order valence-electron chi connectivity index (χ3n) is 3.56. The largest absolute Gasteiger partial charge is 0.480 e. The van der Waals surface area contributed by atoms with Crippen LogP contribution in [0.1, 0.15) is 28.4 Å². The normalized spacial score (nSPS) is 19.6. The summed E-state index contributed by atoms with van der Waals surface area (Å²) in [6, 6.07) is 5.51. The lowest BCUT2D eigenvalue weighted by atomic mass is 10.1. The molecule has 0 spiro atoms. The van der Waals surface area contributed by atoms with Gasteiger partial charge in [-0.2, -0.15) is 0 Å². The molecule has 0 unspecified atom stereocenters. The number of anilines is 1.